The second-order valence-corrected chi connectivity index (χ2v) is 8.98. The first-order valence-electron chi connectivity index (χ1n) is 11.0. The number of ether oxygens (including phenoxy) is 1. The number of amides is 1. The van der Waals surface area contributed by atoms with E-state index in [4.69, 9.17) is 4.74 Å². The number of hydrogen-bond acceptors (Lipinski definition) is 6. The summed E-state index contributed by atoms with van der Waals surface area (Å²) in [7, 11) is 0. The van der Waals surface area contributed by atoms with Gasteiger partial charge in [0.25, 0.3) is 0 Å². The lowest BCUT2D eigenvalue weighted by Crippen LogP contribution is -2.15. The average molecular weight is 467 g/mol. The molecule has 3 aromatic rings. The Bertz CT molecular complexity index is 1090. The van der Waals surface area contributed by atoms with Crippen LogP contribution in [0.25, 0.3) is 0 Å². The van der Waals surface area contributed by atoms with Crippen LogP contribution in [0, 0.1) is 0 Å². The Balaban J connectivity index is 1.60. The molecule has 0 saturated heterocycles. The van der Waals surface area contributed by atoms with Crippen LogP contribution in [0.5, 0.6) is 5.75 Å². The summed E-state index contributed by atoms with van der Waals surface area (Å²) in [4.78, 5) is 23.8. The smallest absolute Gasteiger partial charge is 0.234 e. The Morgan fingerprint density at radius 2 is 1.70 bits per heavy atom. The van der Waals surface area contributed by atoms with Crippen LogP contribution in [-0.4, -0.2) is 32.2 Å². The summed E-state index contributed by atoms with van der Waals surface area (Å²) in [6.07, 6.45) is -0.287. The minimum absolute atomic E-state index is 0.0103. The van der Waals surface area contributed by atoms with Crippen LogP contribution in [0.1, 0.15) is 68.4 Å². The molecule has 0 spiro atoms. The second kappa shape index (κ2) is 11.1. The summed E-state index contributed by atoms with van der Waals surface area (Å²) >= 11 is 1.32. The van der Waals surface area contributed by atoms with Crippen molar-refractivity contribution in [2.45, 2.75) is 58.3 Å². The van der Waals surface area contributed by atoms with E-state index >= 15 is 0 Å². The number of benzene rings is 2. The number of thioether (sulfide) groups is 1. The Hall–Kier alpha value is -3.13. The van der Waals surface area contributed by atoms with Gasteiger partial charge in [0.2, 0.25) is 5.91 Å². The van der Waals surface area contributed by atoms with Gasteiger partial charge < -0.3 is 14.6 Å². The minimum Gasteiger partial charge on any atom is -0.483 e. The number of anilines is 1. The minimum atomic E-state index is -0.287. The molecule has 0 aliphatic rings. The van der Waals surface area contributed by atoms with Gasteiger partial charge in [-0.2, -0.15) is 0 Å². The Morgan fingerprint density at radius 3 is 2.27 bits per heavy atom. The van der Waals surface area contributed by atoms with Gasteiger partial charge in [-0.25, -0.2) is 0 Å². The molecule has 0 saturated carbocycles. The average Bonchev–Trinajstić information content (AvgIpc) is 3.21. The topological polar surface area (TPSA) is 86.1 Å². The van der Waals surface area contributed by atoms with E-state index in [1.54, 1.807) is 24.3 Å². The molecule has 0 aliphatic heterocycles. The zero-order valence-corrected chi connectivity index (χ0v) is 20.5. The van der Waals surface area contributed by atoms with Crippen molar-refractivity contribution in [1.29, 1.82) is 0 Å². The monoisotopic (exact) mass is 466 g/mol. The van der Waals surface area contributed by atoms with Crippen LogP contribution < -0.4 is 10.1 Å². The number of rotatable bonds is 10. The van der Waals surface area contributed by atoms with Crippen LogP contribution in [0.4, 0.5) is 5.69 Å². The van der Waals surface area contributed by atoms with Crippen molar-refractivity contribution < 1.29 is 14.3 Å². The molecule has 0 fully saturated rings. The molecule has 0 radical (unpaired) electrons. The van der Waals surface area contributed by atoms with Crippen molar-refractivity contribution in [3.63, 3.8) is 0 Å². The third kappa shape index (κ3) is 6.44. The SMILES string of the molecule is CCn1c(SCC(=O)Nc2ccc(C(C)=O)cc2)nnc1C(C)Oc1ccc(C(C)C)cc1. The summed E-state index contributed by atoms with van der Waals surface area (Å²) in [6.45, 7) is 10.4. The molecule has 1 atom stereocenters. The largest absolute Gasteiger partial charge is 0.483 e. The number of nitrogens with one attached hydrogen (secondary N) is 1. The molecular weight excluding hydrogens is 436 g/mol. The number of hydrogen-bond donors (Lipinski definition) is 1. The predicted octanol–water partition coefficient (Wildman–Crippen LogP) is 5.49. The van der Waals surface area contributed by atoms with Crippen molar-refractivity contribution >= 4 is 29.1 Å². The molecule has 1 amide bonds. The summed E-state index contributed by atoms with van der Waals surface area (Å²) in [5.41, 5.74) is 2.52. The van der Waals surface area contributed by atoms with Gasteiger partial charge in [-0.3, -0.25) is 9.59 Å². The molecule has 0 aliphatic carbocycles. The molecule has 174 valence electrons. The van der Waals surface area contributed by atoms with Crippen LogP contribution in [0.15, 0.2) is 53.7 Å². The maximum atomic E-state index is 12.4. The molecular formula is C25H30N4O3S. The fraction of sp³-hybridized carbons (Fsp3) is 0.360. The van der Waals surface area contributed by atoms with Gasteiger partial charge in [0.05, 0.1) is 5.75 Å². The highest BCUT2D eigenvalue weighted by molar-refractivity contribution is 7.99. The van der Waals surface area contributed by atoms with Gasteiger partial charge in [-0.1, -0.05) is 37.7 Å². The van der Waals surface area contributed by atoms with Gasteiger partial charge in [0, 0.05) is 17.8 Å². The van der Waals surface area contributed by atoms with E-state index in [-0.39, 0.29) is 23.5 Å². The van der Waals surface area contributed by atoms with Gasteiger partial charge in [-0.15, -0.1) is 10.2 Å². The van der Waals surface area contributed by atoms with E-state index in [1.807, 2.05) is 30.5 Å². The zero-order valence-electron chi connectivity index (χ0n) is 19.7. The summed E-state index contributed by atoms with van der Waals surface area (Å²) in [6, 6.07) is 14.9. The van der Waals surface area contributed by atoms with Gasteiger partial charge >= 0.3 is 0 Å². The van der Waals surface area contributed by atoms with Gasteiger partial charge in [-0.05, 0) is 68.7 Å². The fourth-order valence-corrected chi connectivity index (χ4v) is 4.12. The number of Topliss-reactive ketones (excluding diaryl/α,β-unsaturated/α-hetero) is 1. The lowest BCUT2D eigenvalue weighted by Gasteiger charge is -2.16. The highest BCUT2D eigenvalue weighted by Crippen LogP contribution is 2.26. The first kappa shape index (κ1) is 24.5. The summed E-state index contributed by atoms with van der Waals surface area (Å²) in [5.74, 6) is 1.99. The van der Waals surface area contributed by atoms with E-state index < -0.39 is 0 Å². The molecule has 0 bridgehead atoms. The van der Waals surface area contributed by atoms with Crippen molar-refractivity contribution in [3.8, 4) is 5.75 Å². The van der Waals surface area contributed by atoms with Crippen molar-refractivity contribution in [2.75, 3.05) is 11.1 Å². The summed E-state index contributed by atoms with van der Waals surface area (Å²) < 4.78 is 8.05. The van der Waals surface area contributed by atoms with Gasteiger partial charge in [0.15, 0.2) is 22.9 Å². The molecule has 8 heteroatoms. The van der Waals surface area contributed by atoms with Crippen LogP contribution >= 0.6 is 11.8 Å². The first-order chi connectivity index (χ1) is 15.8. The third-order valence-electron chi connectivity index (χ3n) is 5.19. The van der Waals surface area contributed by atoms with E-state index in [0.717, 1.165) is 5.75 Å². The Morgan fingerprint density at radius 1 is 1.03 bits per heavy atom. The Labute approximate surface area is 198 Å². The quantitative estimate of drug-likeness (QED) is 0.314. The Kier molecular flexibility index (Phi) is 8.27. The van der Waals surface area contributed by atoms with Crippen LogP contribution in [-0.2, 0) is 11.3 Å². The van der Waals surface area contributed by atoms with E-state index in [0.29, 0.717) is 34.7 Å². The fourth-order valence-electron chi connectivity index (χ4n) is 3.31. The normalized spacial score (nSPS) is 11.9. The van der Waals surface area contributed by atoms with Crippen LogP contribution in [0.3, 0.4) is 0 Å². The lowest BCUT2D eigenvalue weighted by atomic mass is 10.0. The molecule has 2 aromatic carbocycles. The van der Waals surface area contributed by atoms with Crippen molar-refractivity contribution in [1.82, 2.24) is 14.8 Å². The second-order valence-electron chi connectivity index (χ2n) is 8.04. The maximum absolute atomic E-state index is 12.4. The van der Waals surface area contributed by atoms with Crippen LogP contribution in [0.2, 0.25) is 0 Å². The first-order valence-corrected chi connectivity index (χ1v) is 12.0. The standard InChI is InChI=1S/C25H30N4O3S/c1-6-29-24(18(5)32-22-13-9-19(10-14-22)16(2)3)27-28-25(29)33-15-23(31)26-21-11-7-20(8-12-21)17(4)30/h7-14,16,18H,6,15H2,1-5H3,(H,26,31). The molecule has 1 aromatic heterocycles. The highest BCUT2D eigenvalue weighted by Gasteiger charge is 2.19. The molecule has 1 N–H and O–H groups in total. The third-order valence-corrected chi connectivity index (χ3v) is 6.16. The molecule has 1 heterocycles. The van der Waals surface area contributed by atoms with E-state index in [1.165, 1.54) is 24.2 Å². The van der Waals surface area contributed by atoms with Gasteiger partial charge in [0.1, 0.15) is 5.75 Å². The number of ketones is 1. The van der Waals surface area contributed by atoms with Crippen molar-refractivity contribution in [2.24, 2.45) is 0 Å². The lowest BCUT2D eigenvalue weighted by molar-refractivity contribution is -0.113. The number of carbonyl (C=O) groups excluding carboxylic acids is 2. The molecule has 7 nitrogen and oxygen atoms in total. The highest BCUT2D eigenvalue weighted by atomic mass is 32.2. The molecule has 33 heavy (non-hydrogen) atoms. The number of nitrogens with zero attached hydrogens (tertiary/aromatic N) is 3. The number of carbonyl (C=O) groups is 2. The predicted molar refractivity (Wildman–Crippen MR) is 131 cm³/mol. The molecule has 3 rings (SSSR count). The van der Waals surface area contributed by atoms with Crippen molar-refractivity contribution in [3.05, 3.63) is 65.5 Å². The number of aromatic nitrogens is 3. The van der Waals surface area contributed by atoms with E-state index in [9.17, 15) is 9.59 Å². The molecule has 1 unspecified atom stereocenters. The summed E-state index contributed by atoms with van der Waals surface area (Å²) in [5, 5.41) is 12.1. The van der Waals surface area contributed by atoms with E-state index in [2.05, 4.69) is 41.5 Å². The maximum Gasteiger partial charge on any atom is 0.234 e. The zero-order chi connectivity index (χ0) is 24.0.